The number of hydrogen-bond donors (Lipinski definition) is 4. The van der Waals surface area contributed by atoms with Gasteiger partial charge in [-0.25, -0.2) is 4.57 Å². The fourth-order valence-electron chi connectivity index (χ4n) is 0. The van der Waals surface area contributed by atoms with Gasteiger partial charge in [0.2, 0.25) is 0 Å². The van der Waals surface area contributed by atoms with E-state index in [1.807, 2.05) is 0 Å². The van der Waals surface area contributed by atoms with Gasteiger partial charge in [-0.05, 0) is 11.0 Å². The zero-order chi connectivity index (χ0) is 13.5. The molecule has 0 aliphatic rings. The third-order valence-corrected chi connectivity index (χ3v) is 0. The quantitative estimate of drug-likeness (QED) is 0.230. The Morgan fingerprint density at radius 1 is 0.722 bits per heavy atom. The zero-order valence-corrected chi connectivity index (χ0v) is 11.2. The monoisotopic (exact) mass is 364 g/mol. The predicted octanol–water partition coefficient (Wildman–Crippen LogP) is -7.90. The summed E-state index contributed by atoms with van der Waals surface area (Å²) in [6, 6.07) is 0. The van der Waals surface area contributed by atoms with Gasteiger partial charge in [-0.15, -0.1) is 0 Å². The zero-order valence-electron chi connectivity index (χ0n) is 7.38. The molecule has 0 aromatic heterocycles. The molecule has 0 heterocycles. The Morgan fingerprint density at radius 3 is 0.722 bits per heavy atom. The standard InChI is InChI=1S/Al.3H3O4P.O.H4Si/c;3*1-5(2,3)4;;/h;3*(H3,1,2,3,4);;1H4/q+3;;;;+2;/p-5. The summed E-state index contributed by atoms with van der Waals surface area (Å²) in [6.45, 7) is 0. The van der Waals surface area contributed by atoms with Gasteiger partial charge in [0.1, 0.15) is 0 Å². The number of hydrogen-bond acceptors (Lipinski definition) is 8. The van der Waals surface area contributed by atoms with E-state index < -0.39 is 23.5 Å². The van der Waals surface area contributed by atoms with Gasteiger partial charge in [-0.1, -0.05) is 0 Å². The molecule has 4 N–H and O–H groups in total. The minimum absolute atomic E-state index is 0. The second kappa shape index (κ2) is 14.4. The van der Waals surface area contributed by atoms with E-state index in [-0.39, 0.29) is 33.8 Å². The SMILES string of the molecule is O=P(O)(O)O.O=P([O-])([O-])O.O=P([O-])([O-])[O-].[Al+3].[O+2].[SiH4]. The number of rotatable bonds is 0. The summed E-state index contributed by atoms with van der Waals surface area (Å²) >= 11 is 0. The summed E-state index contributed by atoms with van der Waals surface area (Å²) in [5, 5.41) is 0. The molecule has 0 rings (SSSR count). The molecule has 0 aromatic rings. The molecule has 0 fully saturated rings. The van der Waals surface area contributed by atoms with Crippen LogP contribution in [0.25, 0.3) is 0 Å². The molecule has 0 bridgehead atoms. The van der Waals surface area contributed by atoms with Crippen LogP contribution >= 0.6 is 23.5 Å². The van der Waals surface area contributed by atoms with Crippen molar-refractivity contribution in [2.24, 2.45) is 0 Å². The minimum atomic E-state index is -5.39. The van der Waals surface area contributed by atoms with E-state index in [4.69, 9.17) is 57.7 Å². The third kappa shape index (κ3) is 4060. The van der Waals surface area contributed by atoms with Gasteiger partial charge in [-0.2, -0.15) is 7.82 Å². The van der Waals surface area contributed by atoms with E-state index >= 15 is 0 Å². The van der Waals surface area contributed by atoms with Crippen LogP contribution in [0.3, 0.4) is 0 Å². The first-order valence-electron chi connectivity index (χ1n) is 2.26. The Labute approximate surface area is 115 Å². The second-order valence-electron chi connectivity index (χ2n) is 1.43. The molecule has 0 saturated heterocycles. The van der Waals surface area contributed by atoms with E-state index in [1.165, 1.54) is 0 Å². The van der Waals surface area contributed by atoms with Crippen molar-refractivity contribution in [3.8, 4) is 0 Å². The Hall–Kier alpha value is 1.04. The maximum absolute atomic E-state index is 8.88. The molecule has 0 aliphatic carbocycles. The average Bonchev–Trinajstić information content (AvgIpc) is 1.41. The van der Waals surface area contributed by atoms with Gasteiger partial charge >= 0.3 is 30.7 Å². The van der Waals surface area contributed by atoms with Gasteiger partial charge in [0.25, 0.3) is 0 Å². The van der Waals surface area contributed by atoms with E-state index in [9.17, 15) is 0 Å². The predicted molar refractivity (Wildman–Crippen MR) is 49.5 cm³/mol. The molecule has 18 heteroatoms. The van der Waals surface area contributed by atoms with Crippen LogP contribution in [0.1, 0.15) is 0 Å². The Kier molecular flexibility index (Phi) is 29.3. The molecule has 0 aromatic carbocycles. The molecule has 0 amide bonds. The first kappa shape index (κ1) is 36.4. The van der Waals surface area contributed by atoms with Crippen molar-refractivity contribution in [2.75, 3.05) is 0 Å². The van der Waals surface area contributed by atoms with Gasteiger partial charge in [0, 0.05) is 0 Å². The molecule has 0 spiro atoms. The fraction of sp³-hybridized carbons (Fsp3) is 0. The molecule has 0 unspecified atom stereocenters. The van der Waals surface area contributed by atoms with Gasteiger partial charge < -0.3 is 53.2 Å². The molecule has 0 atom stereocenters. The first-order valence-corrected chi connectivity index (χ1v) is 6.78. The minimum Gasteiger partial charge on any atom is -0.822 e. The van der Waals surface area contributed by atoms with E-state index in [0.717, 1.165) is 0 Å². The van der Waals surface area contributed by atoms with Gasteiger partial charge in [-0.3, -0.25) is 0 Å². The molecule has 0 saturated carbocycles. The maximum atomic E-state index is 8.88. The Bertz CT molecular complexity index is 208. The maximum Gasteiger partial charge on any atom is 3.00 e. The van der Waals surface area contributed by atoms with Crippen molar-refractivity contribution in [1.29, 1.82) is 0 Å². The second-order valence-corrected chi connectivity index (χ2v) is 4.29. The number of phosphoric acid groups is 3. The van der Waals surface area contributed by atoms with E-state index in [0.29, 0.717) is 0 Å². The Morgan fingerprint density at radius 2 is 0.722 bits per heavy atom. The van der Waals surface area contributed by atoms with Crippen LogP contribution in [0.2, 0.25) is 0 Å². The molecular formula is H8AlO13P3Si. The van der Waals surface area contributed by atoms with Crippen LogP contribution in [-0.4, -0.2) is 47.9 Å². The van der Waals surface area contributed by atoms with Crippen LogP contribution in [0.5, 0.6) is 0 Å². The van der Waals surface area contributed by atoms with E-state index in [1.54, 1.807) is 0 Å². The largest absolute Gasteiger partial charge is 3.00 e. The van der Waals surface area contributed by atoms with Crippen molar-refractivity contribution >= 4 is 51.8 Å². The summed E-state index contributed by atoms with van der Waals surface area (Å²) in [7, 11) is -15.2. The van der Waals surface area contributed by atoms with Crippen LogP contribution in [0, 0.1) is 0 Å². The normalized spacial score (nSPS) is 9.83. The molecule has 4 radical (unpaired) electrons. The summed E-state index contributed by atoms with van der Waals surface area (Å²) in [4.78, 5) is 71.5. The molecule has 108 valence electrons. The molecule has 13 nitrogen and oxygen atoms in total. The summed E-state index contributed by atoms with van der Waals surface area (Å²) in [5.41, 5.74) is 0. The first-order chi connectivity index (χ1) is 6.00. The summed E-state index contributed by atoms with van der Waals surface area (Å²) in [5.74, 6) is 0. The van der Waals surface area contributed by atoms with Gasteiger partial charge in [0.05, 0.1) is 7.82 Å². The van der Waals surface area contributed by atoms with Crippen LogP contribution in [0.15, 0.2) is 0 Å². The van der Waals surface area contributed by atoms with Crippen molar-refractivity contribution < 1.29 is 63.2 Å². The topological polar surface area (TPSA) is 276 Å². The van der Waals surface area contributed by atoms with Crippen LogP contribution in [-0.2, 0) is 19.2 Å². The van der Waals surface area contributed by atoms with Crippen molar-refractivity contribution in [2.45, 2.75) is 0 Å². The Balaban J connectivity index is -0.0000000277. The smallest absolute Gasteiger partial charge is 0.822 e. The van der Waals surface area contributed by atoms with E-state index in [2.05, 4.69) is 0 Å². The van der Waals surface area contributed by atoms with Crippen LogP contribution < -0.4 is 24.5 Å². The van der Waals surface area contributed by atoms with Crippen molar-refractivity contribution in [1.82, 2.24) is 0 Å². The van der Waals surface area contributed by atoms with Crippen molar-refractivity contribution in [3.63, 3.8) is 0 Å². The van der Waals surface area contributed by atoms with Crippen molar-refractivity contribution in [3.05, 3.63) is 0 Å². The van der Waals surface area contributed by atoms with Crippen LogP contribution in [0.4, 0.5) is 0 Å². The van der Waals surface area contributed by atoms with Gasteiger partial charge in [0.15, 0.2) is 0 Å². The average molecular weight is 364 g/mol. The fourth-order valence-corrected chi connectivity index (χ4v) is 0. The third-order valence-electron chi connectivity index (χ3n) is 0. The summed E-state index contributed by atoms with van der Waals surface area (Å²) < 4.78 is 26.1. The summed E-state index contributed by atoms with van der Waals surface area (Å²) in [6.07, 6.45) is 0. The molecule has 0 aliphatic heterocycles. The molecule has 18 heavy (non-hydrogen) atoms. The molecular weight excluding hydrogens is 356 g/mol.